The van der Waals surface area contributed by atoms with Gasteiger partial charge in [0.05, 0.1) is 31.8 Å². The molecule has 3 atom stereocenters. The molecule has 4 nitrogen and oxygen atoms in total. The van der Waals surface area contributed by atoms with Gasteiger partial charge in [0.2, 0.25) is 0 Å². The quantitative estimate of drug-likeness (QED) is 0.666. The van der Waals surface area contributed by atoms with E-state index in [1.807, 2.05) is 30.3 Å². The third-order valence-electron chi connectivity index (χ3n) is 6.54. The molecular formula is C20H30NO3+. The van der Waals surface area contributed by atoms with Gasteiger partial charge in [-0.05, 0) is 19.4 Å². The second kappa shape index (κ2) is 6.85. The minimum atomic E-state index is -0.572. The average Bonchev–Trinajstić information content (AvgIpc) is 2.74. The highest BCUT2D eigenvalue weighted by Crippen LogP contribution is 2.44. The average molecular weight is 332 g/mol. The number of carbonyl (C=O) groups is 1. The molecule has 0 radical (unpaired) electrons. The highest BCUT2D eigenvalue weighted by atomic mass is 16.5. The number of benzene rings is 1. The summed E-state index contributed by atoms with van der Waals surface area (Å²) in [5, 5.41) is 9.65. The molecule has 1 aromatic carbocycles. The molecule has 2 fully saturated rings. The largest absolute Gasteiger partial charge is 0.461 e. The lowest BCUT2D eigenvalue weighted by molar-refractivity contribution is -0.968. The third-order valence-corrected chi connectivity index (χ3v) is 6.54. The monoisotopic (exact) mass is 332 g/mol. The molecule has 4 heteroatoms. The number of rotatable bonds is 5. The predicted molar refractivity (Wildman–Crippen MR) is 93.5 cm³/mol. The second-order valence-corrected chi connectivity index (χ2v) is 7.88. The van der Waals surface area contributed by atoms with E-state index in [0.717, 1.165) is 22.9 Å². The van der Waals surface area contributed by atoms with E-state index in [-0.39, 0.29) is 18.7 Å². The minimum absolute atomic E-state index is 0.00212. The van der Waals surface area contributed by atoms with E-state index >= 15 is 0 Å². The summed E-state index contributed by atoms with van der Waals surface area (Å²) in [5.41, 5.74) is 0.826. The molecule has 2 heterocycles. The van der Waals surface area contributed by atoms with Crippen molar-refractivity contribution in [2.45, 2.75) is 69.7 Å². The van der Waals surface area contributed by atoms with Crippen molar-refractivity contribution >= 4 is 5.97 Å². The molecule has 1 aromatic rings. The van der Waals surface area contributed by atoms with Gasteiger partial charge in [-0.25, -0.2) is 0 Å². The zero-order chi connectivity index (χ0) is 17.3. The first-order chi connectivity index (χ1) is 11.5. The molecule has 3 rings (SSSR count). The van der Waals surface area contributed by atoms with Gasteiger partial charge >= 0.3 is 5.97 Å². The summed E-state index contributed by atoms with van der Waals surface area (Å²) in [5.74, 6) is -0.856. The molecule has 2 aliphatic rings. The number of carbonyl (C=O) groups excluding carboxylic acids is 1. The smallest absolute Gasteiger partial charge is 0.316 e. The maximum atomic E-state index is 12.6. The summed E-state index contributed by atoms with van der Waals surface area (Å²) in [4.78, 5) is 12.6. The maximum absolute atomic E-state index is 12.6. The Morgan fingerprint density at radius 2 is 1.79 bits per heavy atom. The van der Waals surface area contributed by atoms with Crippen molar-refractivity contribution in [2.24, 2.45) is 0 Å². The number of quaternary nitrogens is 1. The zero-order valence-corrected chi connectivity index (χ0v) is 15.0. The van der Waals surface area contributed by atoms with Crippen LogP contribution < -0.4 is 0 Å². The molecule has 1 N–H and O–H groups in total. The molecule has 0 amide bonds. The van der Waals surface area contributed by atoms with E-state index in [1.165, 1.54) is 12.8 Å². The summed E-state index contributed by atoms with van der Waals surface area (Å²) in [7, 11) is 2.37. The number of fused-ring (bicyclic) bond motifs is 2. The van der Waals surface area contributed by atoms with E-state index in [4.69, 9.17) is 4.74 Å². The SMILES string of the molecule is CC(C)[N@+]1(C)[C@@H]2CC[C@@H]1C[C@H](OC(=O)[C@@H](CO)c1ccccc1)C2. The lowest BCUT2D eigenvalue weighted by Crippen LogP contribution is -2.62. The number of ether oxygens (including phenoxy) is 1. The third kappa shape index (κ3) is 2.98. The number of aliphatic hydroxyl groups is 1. The highest BCUT2D eigenvalue weighted by molar-refractivity contribution is 5.78. The molecule has 0 aromatic heterocycles. The summed E-state index contributed by atoms with van der Waals surface area (Å²) in [6, 6.07) is 11.2. The van der Waals surface area contributed by atoms with Crippen LogP contribution in [0.1, 0.15) is 51.0 Å². The van der Waals surface area contributed by atoms with Gasteiger partial charge < -0.3 is 14.3 Å². The Balaban J connectivity index is 1.66. The van der Waals surface area contributed by atoms with Crippen molar-refractivity contribution in [3.8, 4) is 0 Å². The summed E-state index contributed by atoms with van der Waals surface area (Å²) in [6.45, 7) is 4.39. The Hall–Kier alpha value is -1.39. The van der Waals surface area contributed by atoms with Crippen LogP contribution in [0.3, 0.4) is 0 Å². The van der Waals surface area contributed by atoms with Gasteiger partial charge in [-0.3, -0.25) is 4.79 Å². The molecule has 2 aliphatic heterocycles. The van der Waals surface area contributed by atoms with Crippen molar-refractivity contribution in [3.05, 3.63) is 35.9 Å². The lowest BCUT2D eigenvalue weighted by atomic mass is 9.94. The van der Waals surface area contributed by atoms with Gasteiger partial charge in [0.15, 0.2) is 0 Å². The summed E-state index contributed by atoms with van der Waals surface area (Å²) < 4.78 is 6.96. The fraction of sp³-hybridized carbons (Fsp3) is 0.650. The van der Waals surface area contributed by atoms with E-state index in [0.29, 0.717) is 18.1 Å². The van der Waals surface area contributed by atoms with Crippen LogP contribution in [0.25, 0.3) is 0 Å². The van der Waals surface area contributed by atoms with Gasteiger partial charge in [-0.15, -0.1) is 0 Å². The van der Waals surface area contributed by atoms with Crippen molar-refractivity contribution in [1.82, 2.24) is 0 Å². The molecular weight excluding hydrogens is 302 g/mol. The highest BCUT2D eigenvalue weighted by Gasteiger charge is 2.53. The van der Waals surface area contributed by atoms with Crippen LogP contribution in [0.5, 0.6) is 0 Å². The van der Waals surface area contributed by atoms with Crippen molar-refractivity contribution in [2.75, 3.05) is 13.7 Å². The fourth-order valence-electron chi connectivity index (χ4n) is 4.82. The fourth-order valence-corrected chi connectivity index (χ4v) is 4.82. The molecule has 132 valence electrons. The Bertz CT molecular complexity index is 558. The number of hydrogen-bond acceptors (Lipinski definition) is 3. The van der Waals surface area contributed by atoms with E-state index in [2.05, 4.69) is 20.9 Å². The van der Waals surface area contributed by atoms with E-state index < -0.39 is 5.92 Å². The molecule has 24 heavy (non-hydrogen) atoms. The molecule has 2 saturated heterocycles. The van der Waals surface area contributed by atoms with Crippen molar-refractivity contribution in [1.29, 1.82) is 0 Å². The van der Waals surface area contributed by atoms with Gasteiger partial charge in [0, 0.05) is 25.7 Å². The number of nitrogens with zero attached hydrogens (tertiary/aromatic N) is 1. The van der Waals surface area contributed by atoms with E-state index in [1.54, 1.807) is 0 Å². The van der Waals surface area contributed by atoms with Gasteiger partial charge in [0.25, 0.3) is 0 Å². The molecule has 0 aliphatic carbocycles. The summed E-state index contributed by atoms with van der Waals surface area (Å²) >= 11 is 0. The maximum Gasteiger partial charge on any atom is 0.316 e. The van der Waals surface area contributed by atoms with Crippen LogP contribution in [0.4, 0.5) is 0 Å². The number of esters is 1. The molecule has 0 saturated carbocycles. The standard InChI is InChI=1S/C20H30NO3/c1-14(2)21(3)16-9-10-17(21)12-18(11-16)24-20(23)19(13-22)15-7-5-4-6-8-15/h4-8,14,16-19,22H,9-13H2,1-3H3/q+1/t16-,17-,18-,19+,21-/m1/s1. The summed E-state index contributed by atoms with van der Waals surface area (Å²) in [6.07, 6.45) is 4.36. The first-order valence-corrected chi connectivity index (χ1v) is 9.18. The topological polar surface area (TPSA) is 46.5 Å². The normalized spacial score (nSPS) is 33.5. The Morgan fingerprint density at radius 3 is 2.29 bits per heavy atom. The Labute approximate surface area is 145 Å². The molecule has 0 unspecified atom stereocenters. The van der Waals surface area contributed by atoms with Crippen molar-refractivity contribution < 1.29 is 19.1 Å². The van der Waals surface area contributed by atoms with Gasteiger partial charge in [0.1, 0.15) is 12.0 Å². The van der Waals surface area contributed by atoms with Crippen molar-refractivity contribution in [3.63, 3.8) is 0 Å². The number of hydrogen-bond donors (Lipinski definition) is 1. The lowest BCUT2D eigenvalue weighted by Gasteiger charge is -2.49. The van der Waals surface area contributed by atoms with Crippen LogP contribution >= 0.6 is 0 Å². The van der Waals surface area contributed by atoms with Crippen LogP contribution in [-0.4, -0.2) is 53.4 Å². The van der Waals surface area contributed by atoms with Crippen LogP contribution in [0.2, 0.25) is 0 Å². The number of aliphatic hydroxyl groups excluding tert-OH is 1. The zero-order valence-electron chi connectivity index (χ0n) is 15.0. The van der Waals surface area contributed by atoms with E-state index in [9.17, 15) is 9.90 Å². The van der Waals surface area contributed by atoms with Gasteiger partial charge in [-0.1, -0.05) is 30.3 Å². The minimum Gasteiger partial charge on any atom is -0.461 e. The first kappa shape index (κ1) is 17.4. The second-order valence-electron chi connectivity index (χ2n) is 7.88. The Kier molecular flexibility index (Phi) is 4.97. The van der Waals surface area contributed by atoms with Crippen LogP contribution in [-0.2, 0) is 9.53 Å². The van der Waals surface area contributed by atoms with Crippen LogP contribution in [0, 0.1) is 0 Å². The molecule has 0 spiro atoms. The number of piperidine rings is 1. The first-order valence-electron chi connectivity index (χ1n) is 9.18. The predicted octanol–water partition coefficient (Wildman–Crippen LogP) is 2.85. The molecule has 2 bridgehead atoms. The Morgan fingerprint density at radius 1 is 1.21 bits per heavy atom. The van der Waals surface area contributed by atoms with Gasteiger partial charge in [-0.2, -0.15) is 0 Å². The van der Waals surface area contributed by atoms with Crippen LogP contribution in [0.15, 0.2) is 30.3 Å².